The summed E-state index contributed by atoms with van der Waals surface area (Å²) in [5.41, 5.74) is 6.21. The van der Waals surface area contributed by atoms with E-state index in [4.69, 9.17) is 15.2 Å². The highest BCUT2D eigenvalue weighted by Gasteiger charge is 2.16. The van der Waals surface area contributed by atoms with E-state index in [1.807, 2.05) is 13.8 Å². The summed E-state index contributed by atoms with van der Waals surface area (Å²) in [6, 6.07) is 6.96. The van der Waals surface area contributed by atoms with E-state index in [9.17, 15) is 4.79 Å². The number of nitrogens with two attached hydrogens (primary N) is 1. The number of esters is 1. The van der Waals surface area contributed by atoms with Crippen LogP contribution >= 0.6 is 0 Å². The molecule has 1 aromatic carbocycles. The highest BCUT2D eigenvalue weighted by molar-refractivity contribution is 5.74. The van der Waals surface area contributed by atoms with Gasteiger partial charge in [0.25, 0.3) is 0 Å². The summed E-state index contributed by atoms with van der Waals surface area (Å²) in [6.07, 6.45) is -0.629. The van der Waals surface area contributed by atoms with Crippen LogP contribution in [0.4, 0.5) is 5.69 Å². The van der Waals surface area contributed by atoms with Crippen LogP contribution in [0.1, 0.15) is 20.8 Å². The number of carbonyl (C=O) groups excluding carboxylic acids is 1. The van der Waals surface area contributed by atoms with E-state index < -0.39 is 6.10 Å². The first-order valence-electron chi connectivity index (χ1n) is 5.68. The number of ether oxygens (including phenoxy) is 2. The molecule has 0 saturated carbocycles. The van der Waals surface area contributed by atoms with Gasteiger partial charge in [0.15, 0.2) is 6.10 Å². The van der Waals surface area contributed by atoms with Crippen molar-refractivity contribution in [3.05, 3.63) is 24.3 Å². The first-order valence-corrected chi connectivity index (χ1v) is 5.68. The molecule has 4 nitrogen and oxygen atoms in total. The molecular weight excluding hydrogens is 218 g/mol. The lowest BCUT2D eigenvalue weighted by atomic mass is 10.2. The van der Waals surface area contributed by atoms with Crippen molar-refractivity contribution in [3.8, 4) is 5.75 Å². The van der Waals surface area contributed by atoms with Gasteiger partial charge in [-0.3, -0.25) is 0 Å². The maximum atomic E-state index is 11.6. The zero-order valence-electron chi connectivity index (χ0n) is 10.5. The van der Waals surface area contributed by atoms with Crippen molar-refractivity contribution in [2.75, 3.05) is 12.3 Å². The molecule has 2 N–H and O–H groups in total. The molecule has 1 atom stereocenters. The van der Waals surface area contributed by atoms with Crippen LogP contribution in [0.3, 0.4) is 0 Å². The van der Waals surface area contributed by atoms with Crippen molar-refractivity contribution in [3.63, 3.8) is 0 Å². The molecule has 0 bridgehead atoms. The monoisotopic (exact) mass is 237 g/mol. The molecule has 0 aliphatic heterocycles. The summed E-state index contributed by atoms with van der Waals surface area (Å²) < 4.78 is 10.5. The van der Waals surface area contributed by atoms with Crippen LogP contribution in [0, 0.1) is 5.92 Å². The fraction of sp³-hybridized carbons (Fsp3) is 0.462. The predicted octanol–water partition coefficient (Wildman–Crippen LogP) is 2.24. The second kappa shape index (κ2) is 6.13. The van der Waals surface area contributed by atoms with E-state index in [-0.39, 0.29) is 5.97 Å². The molecule has 0 aliphatic rings. The van der Waals surface area contributed by atoms with Crippen LogP contribution in [-0.2, 0) is 9.53 Å². The Balaban J connectivity index is 2.48. The Hall–Kier alpha value is -1.71. The lowest BCUT2D eigenvalue weighted by molar-refractivity contribution is -0.152. The quantitative estimate of drug-likeness (QED) is 0.630. The number of anilines is 1. The molecule has 0 fully saturated rings. The van der Waals surface area contributed by atoms with Gasteiger partial charge in [-0.1, -0.05) is 19.9 Å². The van der Waals surface area contributed by atoms with E-state index in [2.05, 4.69) is 0 Å². The largest absolute Gasteiger partial charge is 0.479 e. The van der Waals surface area contributed by atoms with Crippen LogP contribution in [0.25, 0.3) is 0 Å². The Kier molecular flexibility index (Phi) is 4.82. The number of benzene rings is 1. The van der Waals surface area contributed by atoms with E-state index in [0.29, 0.717) is 24.0 Å². The zero-order chi connectivity index (χ0) is 12.8. The molecule has 0 amide bonds. The zero-order valence-corrected chi connectivity index (χ0v) is 10.5. The van der Waals surface area contributed by atoms with Gasteiger partial charge in [0.05, 0.1) is 6.61 Å². The molecule has 17 heavy (non-hydrogen) atoms. The minimum Gasteiger partial charge on any atom is -0.479 e. The fourth-order valence-corrected chi connectivity index (χ4v) is 1.21. The minimum absolute atomic E-state index is 0.318. The molecular formula is C13H19NO3. The summed E-state index contributed by atoms with van der Waals surface area (Å²) in [5, 5.41) is 0. The molecule has 0 aromatic heterocycles. The smallest absolute Gasteiger partial charge is 0.347 e. The normalized spacial score (nSPS) is 12.2. The van der Waals surface area contributed by atoms with Crippen molar-refractivity contribution >= 4 is 11.7 Å². The third-order valence-corrected chi connectivity index (χ3v) is 2.06. The molecule has 0 heterocycles. The van der Waals surface area contributed by atoms with Crippen molar-refractivity contribution in [1.29, 1.82) is 0 Å². The minimum atomic E-state index is -0.629. The average Bonchev–Trinajstić information content (AvgIpc) is 2.25. The van der Waals surface area contributed by atoms with E-state index >= 15 is 0 Å². The van der Waals surface area contributed by atoms with Crippen molar-refractivity contribution in [1.82, 2.24) is 0 Å². The number of hydrogen-bond donors (Lipinski definition) is 1. The highest BCUT2D eigenvalue weighted by atomic mass is 16.6. The Morgan fingerprint density at radius 2 is 2.06 bits per heavy atom. The summed E-state index contributed by atoms with van der Waals surface area (Å²) >= 11 is 0. The Bertz CT molecular complexity index is 377. The maximum absolute atomic E-state index is 11.6. The van der Waals surface area contributed by atoms with Gasteiger partial charge >= 0.3 is 5.97 Å². The summed E-state index contributed by atoms with van der Waals surface area (Å²) in [5.74, 6) is 0.527. The molecule has 0 unspecified atom stereocenters. The molecule has 1 rings (SSSR count). The first kappa shape index (κ1) is 13.4. The van der Waals surface area contributed by atoms with Crippen molar-refractivity contribution in [2.24, 2.45) is 5.92 Å². The van der Waals surface area contributed by atoms with Crippen molar-refractivity contribution < 1.29 is 14.3 Å². The Morgan fingerprint density at radius 1 is 1.35 bits per heavy atom. The average molecular weight is 237 g/mol. The van der Waals surface area contributed by atoms with E-state index in [1.54, 1.807) is 31.2 Å². The van der Waals surface area contributed by atoms with Crippen molar-refractivity contribution in [2.45, 2.75) is 26.9 Å². The first-order chi connectivity index (χ1) is 7.99. The maximum Gasteiger partial charge on any atom is 0.347 e. The molecule has 4 heteroatoms. The van der Waals surface area contributed by atoms with Gasteiger partial charge in [-0.2, -0.15) is 0 Å². The van der Waals surface area contributed by atoms with Gasteiger partial charge in [-0.15, -0.1) is 0 Å². The molecule has 1 aromatic rings. The van der Waals surface area contributed by atoms with Gasteiger partial charge in [-0.25, -0.2) is 4.79 Å². The van der Waals surface area contributed by atoms with Gasteiger partial charge in [-0.05, 0) is 25.0 Å². The van der Waals surface area contributed by atoms with Crippen LogP contribution in [0.15, 0.2) is 24.3 Å². The van der Waals surface area contributed by atoms with Gasteiger partial charge < -0.3 is 15.2 Å². The summed E-state index contributed by atoms with van der Waals surface area (Å²) in [7, 11) is 0. The second-order valence-electron chi connectivity index (χ2n) is 4.36. The number of hydrogen-bond acceptors (Lipinski definition) is 4. The number of carbonyl (C=O) groups is 1. The lowest BCUT2D eigenvalue weighted by Gasteiger charge is -2.15. The molecule has 0 spiro atoms. The van der Waals surface area contributed by atoms with Gasteiger partial charge in [0.2, 0.25) is 0 Å². The number of nitrogen functional groups attached to an aromatic ring is 1. The lowest BCUT2D eigenvalue weighted by Crippen LogP contribution is -2.27. The van der Waals surface area contributed by atoms with E-state index in [1.165, 1.54) is 0 Å². The van der Waals surface area contributed by atoms with Crippen LogP contribution in [-0.4, -0.2) is 18.7 Å². The van der Waals surface area contributed by atoms with Gasteiger partial charge in [0, 0.05) is 11.8 Å². The molecule has 0 aliphatic carbocycles. The Morgan fingerprint density at radius 3 is 2.65 bits per heavy atom. The molecule has 0 saturated heterocycles. The Labute approximate surface area is 102 Å². The fourth-order valence-electron chi connectivity index (χ4n) is 1.21. The summed E-state index contributed by atoms with van der Waals surface area (Å²) in [4.78, 5) is 11.6. The van der Waals surface area contributed by atoms with Crippen LogP contribution in [0.5, 0.6) is 5.75 Å². The second-order valence-corrected chi connectivity index (χ2v) is 4.36. The summed E-state index contributed by atoms with van der Waals surface area (Å²) in [6.45, 7) is 6.03. The third-order valence-electron chi connectivity index (χ3n) is 2.06. The molecule has 0 radical (unpaired) electrons. The van der Waals surface area contributed by atoms with Crippen LogP contribution in [0.2, 0.25) is 0 Å². The van der Waals surface area contributed by atoms with Crippen LogP contribution < -0.4 is 10.5 Å². The van der Waals surface area contributed by atoms with E-state index in [0.717, 1.165) is 0 Å². The third kappa shape index (κ3) is 4.76. The van der Waals surface area contributed by atoms with Gasteiger partial charge in [0.1, 0.15) is 5.75 Å². The SMILES string of the molecule is CC(C)COC(=O)[C@H](C)Oc1cccc(N)c1. The highest BCUT2D eigenvalue weighted by Crippen LogP contribution is 2.16. The molecule has 94 valence electrons. The topological polar surface area (TPSA) is 61.5 Å². The predicted molar refractivity (Wildman–Crippen MR) is 66.7 cm³/mol. The number of rotatable bonds is 5. The standard InChI is InChI=1S/C13H19NO3/c1-9(2)8-16-13(15)10(3)17-12-6-4-5-11(14)7-12/h4-7,9-10H,8,14H2,1-3H3/t10-/m0/s1.